The minimum atomic E-state index is 0.472. The van der Waals surface area contributed by atoms with Crippen molar-refractivity contribution in [1.29, 1.82) is 0 Å². The lowest BCUT2D eigenvalue weighted by molar-refractivity contribution is 0.122. The summed E-state index contributed by atoms with van der Waals surface area (Å²) in [6, 6.07) is 12.0. The summed E-state index contributed by atoms with van der Waals surface area (Å²) in [6.45, 7) is 2.75. The Morgan fingerprint density at radius 1 is 1.16 bits per heavy atom. The largest absolute Gasteiger partial charge is 0.382 e. The third kappa shape index (κ3) is 4.65. The van der Waals surface area contributed by atoms with Gasteiger partial charge >= 0.3 is 0 Å². The SMILES string of the molecule is Nc1nnccc1CNCCOCc1ccccc1. The van der Waals surface area contributed by atoms with Gasteiger partial charge in [-0.25, -0.2) is 0 Å². The van der Waals surface area contributed by atoms with Crippen molar-refractivity contribution in [3.05, 3.63) is 53.7 Å². The summed E-state index contributed by atoms with van der Waals surface area (Å²) < 4.78 is 5.57. The summed E-state index contributed by atoms with van der Waals surface area (Å²) in [5, 5.41) is 10.8. The molecule has 0 aliphatic carbocycles. The van der Waals surface area contributed by atoms with E-state index in [0.29, 0.717) is 25.6 Å². The molecule has 0 unspecified atom stereocenters. The molecular formula is C14H18N4O. The van der Waals surface area contributed by atoms with Crippen LogP contribution in [0.25, 0.3) is 0 Å². The lowest BCUT2D eigenvalue weighted by atomic mass is 10.2. The number of benzene rings is 1. The number of nitrogens with one attached hydrogen (secondary N) is 1. The minimum absolute atomic E-state index is 0.472. The molecule has 1 aromatic carbocycles. The quantitative estimate of drug-likeness (QED) is 0.734. The first kappa shape index (κ1) is 13.5. The number of ether oxygens (including phenoxy) is 1. The number of aromatic nitrogens is 2. The second-order valence-electron chi connectivity index (χ2n) is 4.16. The molecule has 0 aliphatic rings. The Morgan fingerprint density at radius 2 is 2.00 bits per heavy atom. The molecule has 1 aromatic heterocycles. The zero-order chi connectivity index (χ0) is 13.3. The molecule has 2 aromatic rings. The summed E-state index contributed by atoms with van der Waals surface area (Å²) >= 11 is 0. The second-order valence-corrected chi connectivity index (χ2v) is 4.16. The highest BCUT2D eigenvalue weighted by atomic mass is 16.5. The summed E-state index contributed by atoms with van der Waals surface area (Å²) in [7, 11) is 0. The van der Waals surface area contributed by atoms with Crippen molar-refractivity contribution in [3.63, 3.8) is 0 Å². The summed E-state index contributed by atoms with van der Waals surface area (Å²) in [5.74, 6) is 0.472. The molecular weight excluding hydrogens is 240 g/mol. The van der Waals surface area contributed by atoms with Crippen LogP contribution in [-0.2, 0) is 17.9 Å². The van der Waals surface area contributed by atoms with E-state index in [1.807, 2.05) is 24.3 Å². The first-order chi connectivity index (χ1) is 9.36. The predicted octanol–water partition coefficient (Wildman–Crippen LogP) is 1.37. The molecule has 0 amide bonds. The predicted molar refractivity (Wildman–Crippen MR) is 74.2 cm³/mol. The van der Waals surface area contributed by atoms with Gasteiger partial charge in [0.2, 0.25) is 0 Å². The molecule has 0 aliphatic heterocycles. The number of anilines is 1. The van der Waals surface area contributed by atoms with Gasteiger partial charge in [0, 0.05) is 18.7 Å². The van der Waals surface area contributed by atoms with Gasteiger partial charge in [-0.15, -0.1) is 5.10 Å². The molecule has 5 heteroatoms. The molecule has 0 saturated carbocycles. The molecule has 0 spiro atoms. The Bertz CT molecular complexity index is 490. The number of hydrogen-bond acceptors (Lipinski definition) is 5. The van der Waals surface area contributed by atoms with Gasteiger partial charge in [-0.3, -0.25) is 0 Å². The van der Waals surface area contributed by atoms with Crippen LogP contribution in [0.5, 0.6) is 0 Å². The van der Waals surface area contributed by atoms with Crippen LogP contribution in [-0.4, -0.2) is 23.3 Å². The normalized spacial score (nSPS) is 10.5. The Kier molecular flexibility index (Phi) is 5.28. The molecule has 2 rings (SSSR count). The number of hydrogen-bond donors (Lipinski definition) is 2. The molecule has 19 heavy (non-hydrogen) atoms. The summed E-state index contributed by atoms with van der Waals surface area (Å²) in [6.07, 6.45) is 1.64. The Labute approximate surface area is 112 Å². The van der Waals surface area contributed by atoms with E-state index in [9.17, 15) is 0 Å². The molecule has 0 saturated heterocycles. The number of nitrogens with two attached hydrogens (primary N) is 1. The minimum Gasteiger partial charge on any atom is -0.382 e. The summed E-state index contributed by atoms with van der Waals surface area (Å²) in [5.41, 5.74) is 7.83. The highest BCUT2D eigenvalue weighted by Gasteiger charge is 1.98. The average molecular weight is 258 g/mol. The van der Waals surface area contributed by atoms with Crippen molar-refractivity contribution < 1.29 is 4.74 Å². The molecule has 5 nitrogen and oxygen atoms in total. The fourth-order valence-corrected chi connectivity index (χ4v) is 1.65. The third-order valence-corrected chi connectivity index (χ3v) is 2.69. The molecule has 0 fully saturated rings. The van der Waals surface area contributed by atoms with E-state index in [1.165, 1.54) is 5.56 Å². The van der Waals surface area contributed by atoms with Crippen molar-refractivity contribution in [2.75, 3.05) is 18.9 Å². The molecule has 100 valence electrons. The highest BCUT2D eigenvalue weighted by Crippen LogP contribution is 2.04. The van der Waals surface area contributed by atoms with Gasteiger partial charge in [0.05, 0.1) is 19.4 Å². The van der Waals surface area contributed by atoms with Gasteiger partial charge in [-0.1, -0.05) is 30.3 Å². The van der Waals surface area contributed by atoms with E-state index < -0.39 is 0 Å². The second kappa shape index (κ2) is 7.45. The highest BCUT2D eigenvalue weighted by molar-refractivity contribution is 5.36. The van der Waals surface area contributed by atoms with Crippen LogP contribution in [0.2, 0.25) is 0 Å². The van der Waals surface area contributed by atoms with Crippen LogP contribution < -0.4 is 11.1 Å². The topological polar surface area (TPSA) is 73.1 Å². The van der Waals surface area contributed by atoms with Crippen molar-refractivity contribution in [1.82, 2.24) is 15.5 Å². The van der Waals surface area contributed by atoms with Crippen LogP contribution in [0.4, 0.5) is 5.82 Å². The monoisotopic (exact) mass is 258 g/mol. The molecule has 0 bridgehead atoms. The maximum Gasteiger partial charge on any atom is 0.150 e. The third-order valence-electron chi connectivity index (χ3n) is 2.69. The zero-order valence-corrected chi connectivity index (χ0v) is 10.7. The molecule has 0 radical (unpaired) electrons. The van der Waals surface area contributed by atoms with Crippen LogP contribution in [0, 0.1) is 0 Å². The van der Waals surface area contributed by atoms with Crippen molar-refractivity contribution in [3.8, 4) is 0 Å². The van der Waals surface area contributed by atoms with Crippen LogP contribution >= 0.6 is 0 Å². The van der Waals surface area contributed by atoms with Gasteiger partial charge in [-0.05, 0) is 11.6 Å². The first-order valence-electron chi connectivity index (χ1n) is 6.24. The number of nitrogen functional groups attached to an aromatic ring is 1. The van der Waals surface area contributed by atoms with Gasteiger partial charge in [0.15, 0.2) is 5.82 Å². The van der Waals surface area contributed by atoms with Crippen molar-refractivity contribution in [2.45, 2.75) is 13.2 Å². The van der Waals surface area contributed by atoms with Gasteiger partial charge in [0.1, 0.15) is 0 Å². The van der Waals surface area contributed by atoms with Gasteiger partial charge in [0.25, 0.3) is 0 Å². The van der Waals surface area contributed by atoms with Crippen molar-refractivity contribution >= 4 is 5.82 Å². The summed E-state index contributed by atoms with van der Waals surface area (Å²) in [4.78, 5) is 0. The first-order valence-corrected chi connectivity index (χ1v) is 6.24. The van der Waals surface area contributed by atoms with E-state index in [-0.39, 0.29) is 0 Å². The Hall–Kier alpha value is -1.98. The van der Waals surface area contributed by atoms with Gasteiger partial charge < -0.3 is 15.8 Å². The maximum absolute atomic E-state index is 5.69. The smallest absolute Gasteiger partial charge is 0.150 e. The van der Waals surface area contributed by atoms with Crippen LogP contribution in [0.3, 0.4) is 0 Å². The van der Waals surface area contributed by atoms with E-state index in [1.54, 1.807) is 6.20 Å². The number of rotatable bonds is 7. The van der Waals surface area contributed by atoms with Crippen LogP contribution in [0.15, 0.2) is 42.6 Å². The lowest BCUT2D eigenvalue weighted by Gasteiger charge is -2.07. The van der Waals surface area contributed by atoms with E-state index in [4.69, 9.17) is 10.5 Å². The average Bonchev–Trinajstić information content (AvgIpc) is 2.45. The standard InChI is InChI=1S/C14H18N4O/c15-14-13(6-7-17-18-14)10-16-8-9-19-11-12-4-2-1-3-5-12/h1-7,16H,8-11H2,(H2,15,18). The molecule has 0 atom stereocenters. The molecule has 3 N–H and O–H groups in total. The van der Waals surface area contributed by atoms with Crippen molar-refractivity contribution in [2.24, 2.45) is 0 Å². The van der Waals surface area contributed by atoms with E-state index >= 15 is 0 Å². The van der Waals surface area contributed by atoms with E-state index in [0.717, 1.165) is 12.1 Å². The Morgan fingerprint density at radius 3 is 2.79 bits per heavy atom. The van der Waals surface area contributed by atoms with Gasteiger partial charge in [-0.2, -0.15) is 5.10 Å². The Balaban J connectivity index is 1.59. The lowest BCUT2D eigenvalue weighted by Crippen LogP contribution is -2.20. The zero-order valence-electron chi connectivity index (χ0n) is 10.7. The molecule has 1 heterocycles. The number of nitrogens with zero attached hydrogens (tertiary/aromatic N) is 2. The fourth-order valence-electron chi connectivity index (χ4n) is 1.65. The van der Waals surface area contributed by atoms with Crippen LogP contribution in [0.1, 0.15) is 11.1 Å². The fraction of sp³-hybridized carbons (Fsp3) is 0.286. The van der Waals surface area contributed by atoms with E-state index in [2.05, 4.69) is 27.6 Å². The maximum atomic E-state index is 5.69.